The molecule has 1 heterocycles. The quantitative estimate of drug-likeness (QED) is 0.852. The second-order valence-corrected chi connectivity index (χ2v) is 5.27. The first-order chi connectivity index (χ1) is 9.16. The summed E-state index contributed by atoms with van der Waals surface area (Å²) in [5.74, 6) is 0. The van der Waals surface area contributed by atoms with Gasteiger partial charge in [-0.25, -0.2) is 8.78 Å². The Morgan fingerprint density at radius 1 is 1.16 bits per heavy atom. The van der Waals surface area contributed by atoms with Gasteiger partial charge in [-0.3, -0.25) is 4.90 Å². The second-order valence-electron chi connectivity index (χ2n) is 5.27. The van der Waals surface area contributed by atoms with Crippen molar-refractivity contribution in [3.8, 4) is 0 Å². The molecule has 1 saturated heterocycles. The zero-order valence-corrected chi connectivity index (χ0v) is 11.4. The van der Waals surface area contributed by atoms with Crippen LogP contribution in [0.3, 0.4) is 0 Å². The van der Waals surface area contributed by atoms with Crippen molar-refractivity contribution in [2.24, 2.45) is 0 Å². The van der Waals surface area contributed by atoms with Crippen molar-refractivity contribution >= 4 is 0 Å². The van der Waals surface area contributed by atoms with Crippen LogP contribution < -0.4 is 5.32 Å². The summed E-state index contributed by atoms with van der Waals surface area (Å²) in [6.45, 7) is 6.31. The Kier molecular flexibility index (Phi) is 5.28. The SMILES string of the molecule is CC(CNCc1ccc(C(F)F)cc1)N1CCCC1. The molecule has 0 aliphatic carbocycles. The molecule has 1 fully saturated rings. The second kappa shape index (κ2) is 6.96. The molecule has 4 heteroatoms. The first-order valence-corrected chi connectivity index (χ1v) is 6.98. The summed E-state index contributed by atoms with van der Waals surface area (Å²) < 4.78 is 24.8. The molecule has 2 rings (SSSR count). The molecule has 1 aliphatic rings. The Morgan fingerprint density at radius 3 is 2.37 bits per heavy atom. The van der Waals surface area contributed by atoms with E-state index in [1.165, 1.54) is 38.1 Å². The predicted molar refractivity (Wildman–Crippen MR) is 73.4 cm³/mol. The van der Waals surface area contributed by atoms with Gasteiger partial charge >= 0.3 is 0 Å². The van der Waals surface area contributed by atoms with Gasteiger partial charge in [-0.1, -0.05) is 24.3 Å². The van der Waals surface area contributed by atoms with Crippen molar-refractivity contribution in [1.29, 1.82) is 0 Å². The van der Waals surface area contributed by atoms with Gasteiger partial charge in [0.2, 0.25) is 0 Å². The molecule has 1 N–H and O–H groups in total. The van der Waals surface area contributed by atoms with Gasteiger partial charge in [-0.15, -0.1) is 0 Å². The van der Waals surface area contributed by atoms with E-state index in [9.17, 15) is 8.78 Å². The zero-order chi connectivity index (χ0) is 13.7. The molecule has 0 amide bonds. The van der Waals surface area contributed by atoms with Crippen molar-refractivity contribution in [3.05, 3.63) is 35.4 Å². The molecule has 1 aromatic rings. The highest BCUT2D eigenvalue weighted by Gasteiger charge is 2.17. The van der Waals surface area contributed by atoms with Crippen LogP contribution in [0.25, 0.3) is 0 Å². The Hall–Kier alpha value is -1.00. The number of benzene rings is 1. The van der Waals surface area contributed by atoms with Crippen molar-refractivity contribution in [3.63, 3.8) is 0 Å². The smallest absolute Gasteiger partial charge is 0.263 e. The summed E-state index contributed by atoms with van der Waals surface area (Å²) in [5, 5.41) is 3.40. The fourth-order valence-corrected chi connectivity index (χ4v) is 2.52. The summed E-state index contributed by atoms with van der Waals surface area (Å²) in [4.78, 5) is 2.49. The van der Waals surface area contributed by atoms with Crippen molar-refractivity contribution in [2.45, 2.75) is 38.8 Å². The molecule has 19 heavy (non-hydrogen) atoms. The standard InChI is InChI=1S/C15H22F2N2/c1-12(19-8-2-3-9-19)10-18-11-13-4-6-14(7-5-13)15(16)17/h4-7,12,15,18H,2-3,8-11H2,1H3. The maximum Gasteiger partial charge on any atom is 0.263 e. The van der Waals surface area contributed by atoms with E-state index in [2.05, 4.69) is 17.1 Å². The molecule has 1 aromatic carbocycles. The summed E-state index contributed by atoms with van der Waals surface area (Å²) in [7, 11) is 0. The van der Waals surface area contributed by atoms with Crippen LogP contribution in [0, 0.1) is 0 Å². The summed E-state index contributed by atoms with van der Waals surface area (Å²) >= 11 is 0. The van der Waals surface area contributed by atoms with E-state index in [1.54, 1.807) is 12.1 Å². The first-order valence-electron chi connectivity index (χ1n) is 6.98. The fraction of sp³-hybridized carbons (Fsp3) is 0.600. The van der Waals surface area contributed by atoms with Gasteiger partial charge in [-0.05, 0) is 38.4 Å². The molecule has 106 valence electrons. The van der Waals surface area contributed by atoms with Crippen molar-refractivity contribution in [2.75, 3.05) is 19.6 Å². The molecular formula is C15H22F2N2. The number of hydrogen-bond acceptors (Lipinski definition) is 2. The minimum atomic E-state index is -2.38. The molecule has 1 unspecified atom stereocenters. The van der Waals surface area contributed by atoms with E-state index in [4.69, 9.17) is 0 Å². The average Bonchev–Trinajstić information content (AvgIpc) is 2.93. The van der Waals surface area contributed by atoms with Gasteiger partial charge < -0.3 is 5.32 Å². The highest BCUT2D eigenvalue weighted by Crippen LogP contribution is 2.18. The number of likely N-dealkylation sites (tertiary alicyclic amines) is 1. The van der Waals surface area contributed by atoms with Crippen LogP contribution in [0.15, 0.2) is 24.3 Å². The summed E-state index contributed by atoms with van der Waals surface area (Å²) in [5.41, 5.74) is 1.15. The van der Waals surface area contributed by atoms with Crippen molar-refractivity contribution in [1.82, 2.24) is 10.2 Å². The molecule has 0 saturated carbocycles. The van der Waals surface area contributed by atoms with Gasteiger partial charge in [0.1, 0.15) is 0 Å². The van der Waals surface area contributed by atoms with Crippen LogP contribution in [-0.4, -0.2) is 30.6 Å². The van der Waals surface area contributed by atoms with Crippen LogP contribution in [0.1, 0.15) is 37.3 Å². The van der Waals surface area contributed by atoms with E-state index in [0.29, 0.717) is 6.04 Å². The normalized spacial score (nSPS) is 18.1. The number of nitrogens with one attached hydrogen (secondary N) is 1. The van der Waals surface area contributed by atoms with Gasteiger partial charge in [0.15, 0.2) is 0 Å². The number of hydrogen-bond donors (Lipinski definition) is 1. The Balaban J connectivity index is 1.72. The Morgan fingerprint density at radius 2 is 1.79 bits per heavy atom. The van der Waals surface area contributed by atoms with Gasteiger partial charge in [-0.2, -0.15) is 0 Å². The van der Waals surface area contributed by atoms with Crippen LogP contribution in [0.4, 0.5) is 8.78 Å². The number of halogens is 2. The van der Waals surface area contributed by atoms with E-state index >= 15 is 0 Å². The highest BCUT2D eigenvalue weighted by molar-refractivity contribution is 5.23. The third-order valence-electron chi connectivity index (χ3n) is 3.76. The number of rotatable bonds is 6. The highest BCUT2D eigenvalue weighted by atomic mass is 19.3. The van der Waals surface area contributed by atoms with E-state index in [0.717, 1.165) is 18.7 Å². The van der Waals surface area contributed by atoms with Gasteiger partial charge in [0, 0.05) is 24.7 Å². The largest absolute Gasteiger partial charge is 0.311 e. The average molecular weight is 268 g/mol. The lowest BCUT2D eigenvalue weighted by molar-refractivity contribution is 0.151. The summed E-state index contributed by atoms with van der Waals surface area (Å²) in [6.07, 6.45) is 0.232. The van der Waals surface area contributed by atoms with Crippen LogP contribution in [0.5, 0.6) is 0 Å². The molecule has 0 spiro atoms. The van der Waals surface area contributed by atoms with Crippen LogP contribution in [0.2, 0.25) is 0 Å². The maximum absolute atomic E-state index is 12.4. The fourth-order valence-electron chi connectivity index (χ4n) is 2.52. The first kappa shape index (κ1) is 14.4. The monoisotopic (exact) mass is 268 g/mol. The molecule has 1 atom stereocenters. The lowest BCUT2D eigenvalue weighted by Crippen LogP contribution is -2.38. The number of alkyl halides is 2. The van der Waals surface area contributed by atoms with E-state index in [1.807, 2.05) is 0 Å². The third-order valence-corrected chi connectivity index (χ3v) is 3.76. The Labute approximate surface area is 113 Å². The minimum Gasteiger partial charge on any atom is -0.311 e. The lowest BCUT2D eigenvalue weighted by Gasteiger charge is -2.24. The van der Waals surface area contributed by atoms with E-state index < -0.39 is 6.43 Å². The van der Waals surface area contributed by atoms with Crippen molar-refractivity contribution < 1.29 is 8.78 Å². The Bertz CT molecular complexity index is 372. The van der Waals surface area contributed by atoms with Gasteiger partial charge in [0.05, 0.1) is 0 Å². The molecule has 1 aliphatic heterocycles. The van der Waals surface area contributed by atoms with Crippen LogP contribution >= 0.6 is 0 Å². The molecule has 0 bridgehead atoms. The lowest BCUT2D eigenvalue weighted by atomic mass is 10.1. The van der Waals surface area contributed by atoms with E-state index in [-0.39, 0.29) is 5.56 Å². The third kappa shape index (κ3) is 4.25. The topological polar surface area (TPSA) is 15.3 Å². The van der Waals surface area contributed by atoms with Gasteiger partial charge in [0.25, 0.3) is 6.43 Å². The maximum atomic E-state index is 12.4. The molecule has 0 radical (unpaired) electrons. The minimum absolute atomic E-state index is 0.0918. The number of nitrogens with zero attached hydrogens (tertiary/aromatic N) is 1. The predicted octanol–water partition coefficient (Wildman–Crippen LogP) is 3.20. The van der Waals surface area contributed by atoms with Crippen LogP contribution in [-0.2, 0) is 6.54 Å². The molecule has 0 aromatic heterocycles. The summed E-state index contributed by atoms with van der Waals surface area (Å²) in [6, 6.07) is 7.10. The molecule has 2 nitrogen and oxygen atoms in total. The molecular weight excluding hydrogens is 246 g/mol. The zero-order valence-electron chi connectivity index (χ0n) is 11.4.